The summed E-state index contributed by atoms with van der Waals surface area (Å²) in [5.41, 5.74) is 1.68. The molecule has 1 unspecified atom stereocenters. The summed E-state index contributed by atoms with van der Waals surface area (Å²) in [4.78, 5) is 11.4. The minimum Gasteiger partial charge on any atom is -0.381 e. The van der Waals surface area contributed by atoms with E-state index in [-0.39, 0.29) is 5.91 Å². The normalized spacial score (nSPS) is 16.2. The quantitative estimate of drug-likeness (QED) is 0.849. The first-order valence-electron chi connectivity index (χ1n) is 6.46. The number of hydrogen-bond donors (Lipinski definition) is 2. The summed E-state index contributed by atoms with van der Waals surface area (Å²) >= 11 is 6.16. The van der Waals surface area contributed by atoms with Gasteiger partial charge in [-0.15, -0.1) is 0 Å². The molecule has 1 saturated carbocycles. The van der Waals surface area contributed by atoms with Crippen molar-refractivity contribution in [3.05, 3.63) is 23.2 Å². The second kappa shape index (κ2) is 5.61. The van der Waals surface area contributed by atoms with E-state index >= 15 is 0 Å². The first-order valence-corrected chi connectivity index (χ1v) is 6.84. The van der Waals surface area contributed by atoms with Crippen LogP contribution in [0.15, 0.2) is 18.2 Å². The SMILES string of the molecule is CCC(=O)Nc1ccc(Cl)c(NC(C)C2CC2)c1. The maximum Gasteiger partial charge on any atom is 0.224 e. The van der Waals surface area contributed by atoms with Crippen LogP contribution < -0.4 is 10.6 Å². The molecule has 0 radical (unpaired) electrons. The highest BCUT2D eigenvalue weighted by Crippen LogP contribution is 2.35. The second-order valence-corrected chi connectivity index (χ2v) is 5.27. The van der Waals surface area contributed by atoms with E-state index < -0.39 is 0 Å². The van der Waals surface area contributed by atoms with Gasteiger partial charge >= 0.3 is 0 Å². The lowest BCUT2D eigenvalue weighted by atomic mass is 10.2. The Balaban J connectivity index is 2.07. The third kappa shape index (κ3) is 3.39. The molecule has 1 aliphatic rings. The van der Waals surface area contributed by atoms with Gasteiger partial charge in [0.25, 0.3) is 0 Å². The topological polar surface area (TPSA) is 41.1 Å². The number of anilines is 2. The second-order valence-electron chi connectivity index (χ2n) is 4.87. The number of hydrogen-bond acceptors (Lipinski definition) is 2. The molecule has 1 amide bonds. The van der Waals surface area contributed by atoms with Crippen molar-refractivity contribution in [2.75, 3.05) is 10.6 Å². The number of benzene rings is 1. The average Bonchev–Trinajstić information content (AvgIpc) is 3.17. The summed E-state index contributed by atoms with van der Waals surface area (Å²) in [7, 11) is 0. The number of nitrogens with one attached hydrogen (secondary N) is 2. The minimum absolute atomic E-state index is 0.0125. The molecular weight excluding hydrogens is 248 g/mol. The maximum absolute atomic E-state index is 11.4. The predicted octanol–water partition coefficient (Wildman–Crippen LogP) is 3.90. The van der Waals surface area contributed by atoms with Gasteiger partial charge < -0.3 is 10.6 Å². The van der Waals surface area contributed by atoms with Gasteiger partial charge in [-0.1, -0.05) is 18.5 Å². The van der Waals surface area contributed by atoms with Crippen LogP contribution in [0.2, 0.25) is 5.02 Å². The molecule has 2 N–H and O–H groups in total. The summed E-state index contributed by atoms with van der Waals surface area (Å²) in [6, 6.07) is 5.96. The van der Waals surface area contributed by atoms with E-state index in [0.717, 1.165) is 17.3 Å². The monoisotopic (exact) mass is 266 g/mol. The Hall–Kier alpha value is -1.22. The van der Waals surface area contributed by atoms with Gasteiger partial charge in [-0.05, 0) is 43.9 Å². The largest absolute Gasteiger partial charge is 0.381 e. The van der Waals surface area contributed by atoms with Gasteiger partial charge in [-0.2, -0.15) is 0 Å². The fourth-order valence-corrected chi connectivity index (χ4v) is 2.09. The Bertz CT molecular complexity index is 443. The molecule has 0 bridgehead atoms. The van der Waals surface area contributed by atoms with E-state index in [4.69, 9.17) is 11.6 Å². The molecule has 4 heteroatoms. The third-order valence-electron chi connectivity index (χ3n) is 3.28. The Morgan fingerprint density at radius 2 is 2.22 bits per heavy atom. The molecule has 3 nitrogen and oxygen atoms in total. The molecule has 0 heterocycles. The van der Waals surface area contributed by atoms with Crippen LogP contribution in [-0.2, 0) is 4.79 Å². The van der Waals surface area contributed by atoms with Crippen molar-refractivity contribution in [3.63, 3.8) is 0 Å². The van der Waals surface area contributed by atoms with Gasteiger partial charge in [0.1, 0.15) is 0 Å². The van der Waals surface area contributed by atoms with Crippen molar-refractivity contribution >= 4 is 28.9 Å². The molecule has 1 aromatic rings. The van der Waals surface area contributed by atoms with Gasteiger partial charge in [-0.3, -0.25) is 4.79 Å². The molecule has 1 atom stereocenters. The molecule has 2 rings (SSSR count). The van der Waals surface area contributed by atoms with Crippen molar-refractivity contribution in [2.24, 2.45) is 5.92 Å². The Kier molecular flexibility index (Phi) is 4.12. The Labute approximate surface area is 113 Å². The Morgan fingerprint density at radius 3 is 2.83 bits per heavy atom. The number of carbonyl (C=O) groups excluding carboxylic acids is 1. The van der Waals surface area contributed by atoms with Crippen LogP contribution in [0, 0.1) is 5.92 Å². The van der Waals surface area contributed by atoms with Crippen LogP contribution in [0.3, 0.4) is 0 Å². The average molecular weight is 267 g/mol. The highest BCUT2D eigenvalue weighted by atomic mass is 35.5. The summed E-state index contributed by atoms with van der Waals surface area (Å²) in [5, 5.41) is 6.95. The molecule has 0 saturated heterocycles. The molecule has 1 aliphatic carbocycles. The van der Waals surface area contributed by atoms with Crippen molar-refractivity contribution in [1.82, 2.24) is 0 Å². The first-order chi connectivity index (χ1) is 8.60. The van der Waals surface area contributed by atoms with Crippen LogP contribution in [0.4, 0.5) is 11.4 Å². The van der Waals surface area contributed by atoms with Crippen molar-refractivity contribution in [1.29, 1.82) is 0 Å². The molecule has 0 aromatic heterocycles. The summed E-state index contributed by atoms with van der Waals surface area (Å²) in [6.45, 7) is 4.00. The fraction of sp³-hybridized carbons (Fsp3) is 0.500. The van der Waals surface area contributed by atoms with E-state index in [1.165, 1.54) is 12.8 Å². The van der Waals surface area contributed by atoms with Crippen LogP contribution in [0.1, 0.15) is 33.1 Å². The van der Waals surface area contributed by atoms with Gasteiger partial charge in [0, 0.05) is 18.2 Å². The van der Waals surface area contributed by atoms with Crippen LogP contribution >= 0.6 is 11.6 Å². The first kappa shape index (κ1) is 13.2. The molecule has 1 aromatic carbocycles. The van der Waals surface area contributed by atoms with Gasteiger partial charge in [0.15, 0.2) is 0 Å². The maximum atomic E-state index is 11.4. The molecule has 0 aliphatic heterocycles. The van der Waals surface area contributed by atoms with Crippen LogP contribution in [0.5, 0.6) is 0 Å². The highest BCUT2D eigenvalue weighted by molar-refractivity contribution is 6.33. The van der Waals surface area contributed by atoms with Crippen molar-refractivity contribution in [3.8, 4) is 0 Å². The van der Waals surface area contributed by atoms with Gasteiger partial charge in [0.05, 0.1) is 10.7 Å². The molecular formula is C14H19ClN2O. The number of amides is 1. The lowest BCUT2D eigenvalue weighted by molar-refractivity contribution is -0.115. The van der Waals surface area contributed by atoms with Gasteiger partial charge in [0.2, 0.25) is 5.91 Å². The fourth-order valence-electron chi connectivity index (χ4n) is 1.92. The molecule has 98 valence electrons. The zero-order valence-corrected chi connectivity index (χ0v) is 11.6. The van der Waals surface area contributed by atoms with Gasteiger partial charge in [-0.25, -0.2) is 0 Å². The zero-order chi connectivity index (χ0) is 13.1. The third-order valence-corrected chi connectivity index (χ3v) is 3.61. The lowest BCUT2D eigenvalue weighted by Crippen LogP contribution is -2.18. The standard InChI is InChI=1S/C14H19ClN2O/c1-3-14(18)17-11-6-7-12(15)13(8-11)16-9(2)10-4-5-10/h6-10,16H,3-5H2,1-2H3,(H,17,18). The van der Waals surface area contributed by atoms with E-state index in [2.05, 4.69) is 17.6 Å². The highest BCUT2D eigenvalue weighted by Gasteiger charge is 2.28. The summed E-state index contributed by atoms with van der Waals surface area (Å²) in [5.74, 6) is 0.772. The summed E-state index contributed by atoms with van der Waals surface area (Å²) < 4.78 is 0. The van der Waals surface area contributed by atoms with E-state index in [0.29, 0.717) is 17.5 Å². The molecule has 1 fully saturated rings. The molecule has 18 heavy (non-hydrogen) atoms. The van der Waals surface area contributed by atoms with E-state index in [9.17, 15) is 4.79 Å². The number of carbonyl (C=O) groups is 1. The van der Waals surface area contributed by atoms with Crippen molar-refractivity contribution < 1.29 is 4.79 Å². The number of halogens is 1. The zero-order valence-electron chi connectivity index (χ0n) is 10.8. The smallest absolute Gasteiger partial charge is 0.224 e. The lowest BCUT2D eigenvalue weighted by Gasteiger charge is -2.16. The van der Waals surface area contributed by atoms with Crippen LogP contribution in [-0.4, -0.2) is 11.9 Å². The predicted molar refractivity (Wildman–Crippen MR) is 76.2 cm³/mol. The van der Waals surface area contributed by atoms with Crippen LogP contribution in [0.25, 0.3) is 0 Å². The summed E-state index contributed by atoms with van der Waals surface area (Å²) in [6.07, 6.45) is 3.06. The number of rotatable bonds is 5. The van der Waals surface area contributed by atoms with E-state index in [1.54, 1.807) is 0 Å². The van der Waals surface area contributed by atoms with E-state index in [1.807, 2.05) is 25.1 Å². The Morgan fingerprint density at radius 1 is 1.50 bits per heavy atom. The molecule has 0 spiro atoms. The minimum atomic E-state index is 0.0125. The van der Waals surface area contributed by atoms with Crippen molar-refractivity contribution in [2.45, 2.75) is 39.2 Å².